The highest BCUT2D eigenvalue weighted by Crippen LogP contribution is 2.10. The summed E-state index contributed by atoms with van der Waals surface area (Å²) < 4.78 is 0. The van der Waals surface area contributed by atoms with Gasteiger partial charge in [-0.25, -0.2) is 0 Å². The summed E-state index contributed by atoms with van der Waals surface area (Å²) in [5, 5.41) is 2.49. The fourth-order valence-corrected chi connectivity index (χ4v) is 1.44. The van der Waals surface area contributed by atoms with Crippen LogP contribution >= 0.6 is 12.6 Å². The van der Waals surface area contributed by atoms with E-state index in [1.807, 2.05) is 0 Å². The van der Waals surface area contributed by atoms with E-state index in [2.05, 4.69) is 17.9 Å². The Hall–Kier alpha value is -1.04. The number of likely N-dealkylation sites (tertiary alicyclic amines) is 1. The zero-order valence-electron chi connectivity index (χ0n) is 7.82. The molecule has 0 saturated carbocycles. The molecule has 1 atom stereocenters. The van der Waals surface area contributed by atoms with Crippen molar-refractivity contribution in [3.8, 4) is 0 Å². The van der Waals surface area contributed by atoms with Crippen LogP contribution in [0.5, 0.6) is 0 Å². The van der Waals surface area contributed by atoms with E-state index in [0.717, 1.165) is 4.90 Å². The summed E-state index contributed by atoms with van der Waals surface area (Å²) in [5.74, 6) is -0.425. The lowest BCUT2D eigenvalue weighted by atomic mass is 10.2. The number of rotatable bonds is 3. The molecule has 1 saturated heterocycles. The van der Waals surface area contributed by atoms with E-state index in [-0.39, 0.29) is 30.6 Å². The predicted octanol–water partition coefficient (Wildman–Crippen LogP) is -0.820. The highest BCUT2D eigenvalue weighted by atomic mass is 32.1. The molecule has 1 N–H and O–H groups in total. The van der Waals surface area contributed by atoms with Crippen molar-refractivity contribution >= 4 is 30.4 Å². The number of nitrogens with one attached hydrogen (secondary N) is 1. The molecule has 0 aromatic rings. The van der Waals surface area contributed by atoms with Crippen molar-refractivity contribution in [2.24, 2.45) is 0 Å². The van der Waals surface area contributed by atoms with Crippen molar-refractivity contribution in [2.45, 2.75) is 18.9 Å². The summed E-state index contributed by atoms with van der Waals surface area (Å²) in [6.45, 7) is 0. The lowest BCUT2D eigenvalue weighted by Gasteiger charge is -2.10. The molecule has 1 rings (SSSR count). The van der Waals surface area contributed by atoms with Gasteiger partial charge in [-0.2, -0.15) is 12.6 Å². The van der Waals surface area contributed by atoms with Gasteiger partial charge in [0, 0.05) is 13.5 Å². The molecular weight excluding hydrogens is 204 g/mol. The van der Waals surface area contributed by atoms with Gasteiger partial charge in [0.25, 0.3) is 5.91 Å². The summed E-state index contributed by atoms with van der Waals surface area (Å²) in [6, 6.07) is -0.681. The van der Waals surface area contributed by atoms with Crippen molar-refractivity contribution in [2.75, 3.05) is 12.8 Å². The molecule has 0 aliphatic carbocycles. The second kappa shape index (κ2) is 4.45. The quantitative estimate of drug-likeness (QED) is 0.478. The summed E-state index contributed by atoms with van der Waals surface area (Å²) in [4.78, 5) is 34.5. The minimum absolute atomic E-state index is 0.0631. The molecule has 5 nitrogen and oxygen atoms in total. The maximum atomic E-state index is 11.3. The van der Waals surface area contributed by atoms with E-state index in [1.165, 1.54) is 7.05 Å². The second-order valence-corrected chi connectivity index (χ2v) is 3.54. The van der Waals surface area contributed by atoms with E-state index < -0.39 is 6.04 Å². The number of carbonyl (C=O) groups excluding carboxylic acids is 3. The topological polar surface area (TPSA) is 66.5 Å². The van der Waals surface area contributed by atoms with Gasteiger partial charge in [0.2, 0.25) is 11.8 Å². The predicted molar refractivity (Wildman–Crippen MR) is 52.8 cm³/mol. The van der Waals surface area contributed by atoms with Crippen LogP contribution in [0.3, 0.4) is 0 Å². The van der Waals surface area contributed by atoms with Crippen molar-refractivity contribution in [1.29, 1.82) is 0 Å². The summed E-state index contributed by atoms with van der Waals surface area (Å²) in [5.41, 5.74) is 0. The molecule has 6 heteroatoms. The third-order valence-electron chi connectivity index (χ3n) is 2.06. The van der Waals surface area contributed by atoms with E-state index in [0.29, 0.717) is 5.75 Å². The lowest BCUT2D eigenvalue weighted by molar-refractivity contribution is -0.138. The Morgan fingerprint density at radius 1 is 1.64 bits per heavy atom. The first-order valence-electron chi connectivity index (χ1n) is 4.27. The maximum Gasteiger partial charge on any atom is 0.252 e. The first kappa shape index (κ1) is 11.0. The van der Waals surface area contributed by atoms with Gasteiger partial charge >= 0.3 is 0 Å². The molecule has 14 heavy (non-hydrogen) atoms. The molecule has 1 heterocycles. The second-order valence-electron chi connectivity index (χ2n) is 3.09. The van der Waals surface area contributed by atoms with Crippen molar-refractivity contribution in [3.63, 3.8) is 0 Å². The zero-order valence-corrected chi connectivity index (χ0v) is 8.71. The Bertz CT molecular complexity index is 280. The highest BCUT2D eigenvalue weighted by Gasteiger charge is 2.36. The number of thiol groups is 1. The minimum atomic E-state index is -0.681. The van der Waals surface area contributed by atoms with Gasteiger partial charge in [-0.05, 0) is 5.75 Å². The van der Waals surface area contributed by atoms with Gasteiger partial charge in [0.15, 0.2) is 0 Å². The average molecular weight is 216 g/mol. The highest BCUT2D eigenvalue weighted by molar-refractivity contribution is 7.80. The smallest absolute Gasteiger partial charge is 0.252 e. The molecule has 1 fully saturated rings. The standard InChI is InChI=1S/C8H12N2O3S/c1-10-7(12)4-5(8(10)13)9-6(11)2-3-14/h5,14H,2-4H2,1H3,(H,9,11). The van der Waals surface area contributed by atoms with Crippen LogP contribution in [-0.2, 0) is 14.4 Å². The maximum absolute atomic E-state index is 11.3. The molecule has 0 bridgehead atoms. The molecule has 0 aromatic carbocycles. The molecule has 3 amide bonds. The van der Waals surface area contributed by atoms with Crippen LogP contribution in [-0.4, -0.2) is 41.5 Å². The summed E-state index contributed by atoms with van der Waals surface area (Å²) in [7, 11) is 1.41. The molecule has 0 radical (unpaired) electrons. The van der Waals surface area contributed by atoms with Gasteiger partial charge in [-0.1, -0.05) is 0 Å². The third kappa shape index (κ3) is 2.25. The Balaban J connectivity index is 2.51. The first-order valence-corrected chi connectivity index (χ1v) is 4.90. The number of nitrogens with zero attached hydrogens (tertiary/aromatic N) is 1. The minimum Gasteiger partial charge on any atom is -0.344 e. The molecule has 1 aliphatic heterocycles. The van der Waals surface area contributed by atoms with Crippen LogP contribution in [0.25, 0.3) is 0 Å². The lowest BCUT2D eigenvalue weighted by Crippen LogP contribution is -2.40. The van der Waals surface area contributed by atoms with Crippen LogP contribution in [0.2, 0.25) is 0 Å². The van der Waals surface area contributed by atoms with Crippen molar-refractivity contribution in [3.05, 3.63) is 0 Å². The van der Waals surface area contributed by atoms with Gasteiger partial charge in [-0.15, -0.1) is 0 Å². The molecule has 0 spiro atoms. The van der Waals surface area contributed by atoms with E-state index in [9.17, 15) is 14.4 Å². The Kier molecular flexibility index (Phi) is 3.51. The summed E-state index contributed by atoms with van der Waals surface area (Å²) in [6.07, 6.45) is 0.318. The Morgan fingerprint density at radius 3 is 2.71 bits per heavy atom. The Labute approximate surface area is 87.2 Å². The number of carbonyl (C=O) groups is 3. The van der Waals surface area contributed by atoms with Crippen LogP contribution < -0.4 is 5.32 Å². The fraction of sp³-hybridized carbons (Fsp3) is 0.625. The van der Waals surface area contributed by atoms with Crippen LogP contribution in [0.1, 0.15) is 12.8 Å². The molecule has 78 valence electrons. The largest absolute Gasteiger partial charge is 0.344 e. The normalized spacial score (nSPS) is 21.6. The zero-order chi connectivity index (χ0) is 10.7. The van der Waals surface area contributed by atoms with Crippen LogP contribution in [0, 0.1) is 0 Å². The fourth-order valence-electron chi connectivity index (χ4n) is 1.24. The summed E-state index contributed by atoms with van der Waals surface area (Å²) >= 11 is 3.89. The molecular formula is C8H12N2O3S. The van der Waals surface area contributed by atoms with Crippen molar-refractivity contribution < 1.29 is 14.4 Å². The van der Waals surface area contributed by atoms with E-state index >= 15 is 0 Å². The number of hydrogen-bond acceptors (Lipinski definition) is 4. The van der Waals surface area contributed by atoms with Gasteiger partial charge in [0.1, 0.15) is 6.04 Å². The number of imide groups is 1. The van der Waals surface area contributed by atoms with Gasteiger partial charge in [0.05, 0.1) is 6.42 Å². The van der Waals surface area contributed by atoms with Gasteiger partial charge in [-0.3, -0.25) is 19.3 Å². The molecule has 1 aliphatic rings. The number of hydrogen-bond donors (Lipinski definition) is 2. The van der Waals surface area contributed by atoms with Crippen LogP contribution in [0.4, 0.5) is 0 Å². The first-order chi connectivity index (χ1) is 6.56. The Morgan fingerprint density at radius 2 is 2.29 bits per heavy atom. The van der Waals surface area contributed by atoms with Crippen molar-refractivity contribution in [1.82, 2.24) is 10.2 Å². The molecule has 0 aromatic heterocycles. The number of amides is 3. The average Bonchev–Trinajstić information content (AvgIpc) is 2.34. The van der Waals surface area contributed by atoms with E-state index in [4.69, 9.17) is 0 Å². The van der Waals surface area contributed by atoms with Gasteiger partial charge < -0.3 is 5.32 Å². The van der Waals surface area contributed by atoms with Crippen LogP contribution in [0.15, 0.2) is 0 Å². The monoisotopic (exact) mass is 216 g/mol. The SMILES string of the molecule is CN1C(=O)CC(NC(=O)CCS)C1=O. The number of likely N-dealkylation sites (N-methyl/N-ethyl adjacent to an activating group) is 1. The van der Waals surface area contributed by atoms with E-state index in [1.54, 1.807) is 0 Å². The third-order valence-corrected chi connectivity index (χ3v) is 2.28. The molecule has 1 unspecified atom stereocenters.